The number of nitrogens with zero attached hydrogens (tertiary/aromatic N) is 2. The number of fused-ring (bicyclic) bond motifs is 10. The van der Waals surface area contributed by atoms with Gasteiger partial charge in [-0.1, -0.05) is 146 Å². The number of furan rings is 1. The lowest BCUT2D eigenvalue weighted by molar-refractivity contribution is 0.669. The molecule has 3 aromatic heterocycles. The Morgan fingerprint density at radius 3 is 1.33 bits per heavy atom. The maximum Gasteiger partial charge on any atom is 0.136 e. The Kier molecular flexibility index (Phi) is 6.93. The minimum Gasteiger partial charge on any atom is -0.456 e. The fraction of sp³-hybridized carbons (Fsp3) is 0. The minimum absolute atomic E-state index is 0.916. The predicted molar refractivity (Wildman–Crippen MR) is 239 cm³/mol. The van der Waals surface area contributed by atoms with Gasteiger partial charge in [-0.3, -0.25) is 0 Å². The molecular formula is C54H34N2O. The number of aromatic nitrogens is 2. The third-order valence-electron chi connectivity index (χ3n) is 11.7. The first-order chi connectivity index (χ1) is 28.3. The van der Waals surface area contributed by atoms with Gasteiger partial charge in [-0.2, -0.15) is 0 Å². The van der Waals surface area contributed by atoms with Gasteiger partial charge in [-0.25, -0.2) is 0 Å². The normalized spacial score (nSPS) is 11.9. The molecule has 0 bridgehead atoms. The maximum absolute atomic E-state index is 6.30. The average Bonchev–Trinajstić information content (AvgIpc) is 3.94. The summed E-state index contributed by atoms with van der Waals surface area (Å²) in [6.45, 7) is 0. The molecule has 0 fully saturated rings. The van der Waals surface area contributed by atoms with Crippen molar-refractivity contribution in [2.24, 2.45) is 0 Å². The Bertz CT molecular complexity index is 3380. The Hall–Kier alpha value is -7.62. The van der Waals surface area contributed by atoms with E-state index in [0.717, 1.165) is 27.9 Å². The van der Waals surface area contributed by atoms with Crippen molar-refractivity contribution < 1.29 is 4.42 Å². The van der Waals surface area contributed by atoms with E-state index in [1.165, 1.54) is 82.4 Å². The highest BCUT2D eigenvalue weighted by Crippen LogP contribution is 2.42. The molecule has 0 atom stereocenters. The molecule has 3 nitrogen and oxygen atoms in total. The third-order valence-corrected chi connectivity index (χ3v) is 11.7. The highest BCUT2D eigenvalue weighted by Gasteiger charge is 2.19. The van der Waals surface area contributed by atoms with Gasteiger partial charge in [0, 0.05) is 43.7 Å². The second-order valence-electron chi connectivity index (χ2n) is 14.9. The third kappa shape index (κ3) is 4.92. The number of hydrogen-bond acceptors (Lipinski definition) is 1. The van der Waals surface area contributed by atoms with Crippen molar-refractivity contribution in [3.63, 3.8) is 0 Å². The van der Waals surface area contributed by atoms with Gasteiger partial charge in [0.05, 0.1) is 22.1 Å². The molecule has 3 heterocycles. The van der Waals surface area contributed by atoms with Gasteiger partial charge in [-0.15, -0.1) is 0 Å². The van der Waals surface area contributed by atoms with Gasteiger partial charge in [0.25, 0.3) is 0 Å². The first-order valence-electron chi connectivity index (χ1n) is 19.5. The molecule has 0 aliphatic carbocycles. The van der Waals surface area contributed by atoms with E-state index >= 15 is 0 Å². The number of hydrogen-bond donors (Lipinski definition) is 0. The Labute approximate surface area is 328 Å². The van der Waals surface area contributed by atoms with E-state index in [0.29, 0.717) is 0 Å². The van der Waals surface area contributed by atoms with Crippen molar-refractivity contribution in [2.75, 3.05) is 0 Å². The van der Waals surface area contributed by atoms with Crippen molar-refractivity contribution in [1.29, 1.82) is 0 Å². The van der Waals surface area contributed by atoms with Crippen LogP contribution in [0.2, 0.25) is 0 Å². The molecule has 0 saturated carbocycles. The summed E-state index contributed by atoms with van der Waals surface area (Å²) in [7, 11) is 0. The lowest BCUT2D eigenvalue weighted by Crippen LogP contribution is -1.95. The van der Waals surface area contributed by atoms with Crippen LogP contribution in [0.3, 0.4) is 0 Å². The van der Waals surface area contributed by atoms with Crippen LogP contribution in [0.4, 0.5) is 0 Å². The van der Waals surface area contributed by atoms with Crippen molar-refractivity contribution >= 4 is 65.6 Å². The van der Waals surface area contributed by atoms with Gasteiger partial charge >= 0.3 is 0 Å². The summed E-state index contributed by atoms with van der Waals surface area (Å²) < 4.78 is 11.1. The molecule has 0 spiro atoms. The van der Waals surface area contributed by atoms with Gasteiger partial charge < -0.3 is 13.6 Å². The second-order valence-corrected chi connectivity index (χ2v) is 14.9. The molecule has 0 saturated heterocycles. The van der Waals surface area contributed by atoms with E-state index in [9.17, 15) is 0 Å². The van der Waals surface area contributed by atoms with Crippen molar-refractivity contribution in [3.05, 3.63) is 206 Å². The fourth-order valence-electron chi connectivity index (χ4n) is 9.08. The van der Waals surface area contributed by atoms with Crippen molar-refractivity contribution in [3.8, 4) is 44.8 Å². The van der Waals surface area contributed by atoms with Gasteiger partial charge in [0.1, 0.15) is 11.2 Å². The molecule has 57 heavy (non-hydrogen) atoms. The Balaban J connectivity index is 0.966. The standard InChI is InChI=1S/C54H34N2O/c1-3-11-35(12-4-1)39-23-29-43-44-30-24-40(36-13-5-2-6-14-36)34-50(44)56(49(43)33-39)42-27-21-38(22-28-42)37-19-25-41(26-20-37)55-47-17-9-7-15-45(47)53-48(55)31-32-52-54(53)46-16-8-10-18-51(46)57-52/h1-34H. The number of rotatable bonds is 5. The van der Waals surface area contributed by atoms with Gasteiger partial charge in [-0.05, 0) is 94.0 Å². The zero-order chi connectivity index (χ0) is 37.5. The van der Waals surface area contributed by atoms with Crippen LogP contribution < -0.4 is 0 Å². The van der Waals surface area contributed by atoms with E-state index in [1.54, 1.807) is 0 Å². The van der Waals surface area contributed by atoms with Crippen LogP contribution in [-0.4, -0.2) is 9.13 Å². The highest BCUT2D eigenvalue weighted by atomic mass is 16.3. The maximum atomic E-state index is 6.30. The molecule has 0 amide bonds. The zero-order valence-electron chi connectivity index (χ0n) is 30.9. The van der Waals surface area contributed by atoms with E-state index in [-0.39, 0.29) is 0 Å². The summed E-state index contributed by atoms with van der Waals surface area (Å²) >= 11 is 0. The van der Waals surface area contributed by atoms with Crippen LogP contribution in [0.5, 0.6) is 0 Å². The molecule has 0 aliphatic heterocycles. The van der Waals surface area contributed by atoms with Crippen LogP contribution in [0.25, 0.3) is 110 Å². The van der Waals surface area contributed by atoms with E-state index in [4.69, 9.17) is 4.42 Å². The van der Waals surface area contributed by atoms with Crippen LogP contribution in [0, 0.1) is 0 Å². The number of para-hydroxylation sites is 2. The zero-order valence-corrected chi connectivity index (χ0v) is 30.9. The topological polar surface area (TPSA) is 23.0 Å². The molecule has 12 rings (SSSR count). The van der Waals surface area contributed by atoms with Gasteiger partial charge in [0.15, 0.2) is 0 Å². The number of benzene rings is 9. The molecule has 12 aromatic rings. The van der Waals surface area contributed by atoms with Crippen molar-refractivity contribution in [1.82, 2.24) is 9.13 Å². The fourth-order valence-corrected chi connectivity index (χ4v) is 9.08. The SMILES string of the molecule is c1ccc(-c2ccc3c4ccc(-c5ccccc5)cc4n(-c4ccc(-c5ccc(-n6c7ccccc7c7c8c(ccc76)oc6ccccc68)cc5)cc4)c3c2)cc1. The molecule has 0 N–H and O–H groups in total. The second kappa shape index (κ2) is 12.5. The molecule has 266 valence electrons. The molecular weight excluding hydrogens is 693 g/mol. The Morgan fingerprint density at radius 1 is 0.263 bits per heavy atom. The van der Waals surface area contributed by atoms with E-state index < -0.39 is 0 Å². The van der Waals surface area contributed by atoms with E-state index in [2.05, 4.69) is 209 Å². The largest absolute Gasteiger partial charge is 0.456 e. The summed E-state index contributed by atoms with van der Waals surface area (Å²) in [6.07, 6.45) is 0. The molecule has 0 aliphatic rings. The molecule has 0 radical (unpaired) electrons. The van der Waals surface area contributed by atoms with Crippen LogP contribution >= 0.6 is 0 Å². The highest BCUT2D eigenvalue weighted by molar-refractivity contribution is 6.27. The summed E-state index contributed by atoms with van der Waals surface area (Å²) in [5.74, 6) is 0. The summed E-state index contributed by atoms with van der Waals surface area (Å²) in [4.78, 5) is 0. The van der Waals surface area contributed by atoms with Crippen LogP contribution in [-0.2, 0) is 0 Å². The van der Waals surface area contributed by atoms with Gasteiger partial charge in [0.2, 0.25) is 0 Å². The minimum atomic E-state index is 0.916. The molecule has 9 aromatic carbocycles. The summed E-state index contributed by atoms with van der Waals surface area (Å²) in [5, 5.41) is 7.26. The molecule has 0 unspecified atom stereocenters. The average molecular weight is 727 g/mol. The first kappa shape index (κ1) is 31.7. The Morgan fingerprint density at radius 2 is 0.737 bits per heavy atom. The first-order valence-corrected chi connectivity index (χ1v) is 19.5. The summed E-state index contributed by atoms with van der Waals surface area (Å²) in [6, 6.07) is 74.4. The van der Waals surface area contributed by atoms with Crippen LogP contribution in [0.15, 0.2) is 211 Å². The predicted octanol–water partition coefficient (Wildman–Crippen LogP) is 14.8. The van der Waals surface area contributed by atoms with E-state index in [1.807, 2.05) is 6.07 Å². The quantitative estimate of drug-likeness (QED) is 0.173. The lowest BCUT2D eigenvalue weighted by Gasteiger charge is -2.12. The van der Waals surface area contributed by atoms with Crippen molar-refractivity contribution in [2.45, 2.75) is 0 Å². The monoisotopic (exact) mass is 726 g/mol. The smallest absolute Gasteiger partial charge is 0.136 e. The van der Waals surface area contributed by atoms with Crippen LogP contribution in [0.1, 0.15) is 0 Å². The lowest BCUT2D eigenvalue weighted by atomic mass is 10.0. The summed E-state index contributed by atoms with van der Waals surface area (Å²) in [5.41, 5.74) is 16.0. The molecule has 3 heteroatoms.